The number of fused-ring (bicyclic) bond motifs is 1. The molecule has 38 heavy (non-hydrogen) atoms. The van der Waals surface area contributed by atoms with Crippen LogP contribution >= 0.6 is 0 Å². The molecule has 0 saturated carbocycles. The molecule has 3 aromatic rings. The minimum atomic E-state index is 0.0842. The third-order valence-electron chi connectivity index (χ3n) is 7.73. The molecule has 1 saturated heterocycles. The van der Waals surface area contributed by atoms with Gasteiger partial charge in [-0.2, -0.15) is 0 Å². The van der Waals surface area contributed by atoms with Gasteiger partial charge in [0.15, 0.2) is 5.78 Å². The third-order valence-corrected chi connectivity index (χ3v) is 7.73. The maximum Gasteiger partial charge on any atom is 0.208 e. The van der Waals surface area contributed by atoms with E-state index in [1.54, 1.807) is 6.92 Å². The fraction of sp³-hybridized carbons (Fsp3) is 0.562. The molecule has 1 aliphatic heterocycles. The van der Waals surface area contributed by atoms with Crippen LogP contribution in [0.4, 0.5) is 11.6 Å². The third kappa shape index (κ3) is 7.90. The largest absolute Gasteiger partial charge is 0.326 e. The van der Waals surface area contributed by atoms with Gasteiger partial charge < -0.3 is 14.8 Å². The van der Waals surface area contributed by atoms with E-state index in [2.05, 4.69) is 51.7 Å². The van der Waals surface area contributed by atoms with Crippen LogP contribution in [-0.2, 0) is 13.1 Å². The number of unbranched alkanes of at least 4 members (excludes halogenated alkanes) is 2. The second-order valence-electron chi connectivity index (χ2n) is 10.9. The molecule has 2 aromatic carbocycles. The number of aryl methyl sites for hydroxylation is 1. The van der Waals surface area contributed by atoms with Crippen LogP contribution < -0.4 is 5.32 Å². The number of aromatic nitrogens is 2. The van der Waals surface area contributed by atoms with Crippen molar-refractivity contribution in [2.45, 2.75) is 85.2 Å². The van der Waals surface area contributed by atoms with Gasteiger partial charge in [0, 0.05) is 24.3 Å². The Bertz CT molecular complexity index is 1140. The predicted molar refractivity (Wildman–Crippen MR) is 159 cm³/mol. The molecule has 6 nitrogen and oxygen atoms in total. The second-order valence-corrected chi connectivity index (χ2v) is 10.9. The lowest BCUT2D eigenvalue weighted by molar-refractivity contribution is 0.101. The summed E-state index contributed by atoms with van der Waals surface area (Å²) in [6.45, 7) is 14.0. The van der Waals surface area contributed by atoms with Gasteiger partial charge >= 0.3 is 0 Å². The molecule has 2 heterocycles. The summed E-state index contributed by atoms with van der Waals surface area (Å²) in [5, 5.41) is 3.55. The summed E-state index contributed by atoms with van der Waals surface area (Å²) in [6.07, 6.45) is 10.1. The van der Waals surface area contributed by atoms with Crippen molar-refractivity contribution in [2.24, 2.45) is 0 Å². The van der Waals surface area contributed by atoms with E-state index in [4.69, 9.17) is 4.98 Å². The molecule has 0 unspecified atom stereocenters. The summed E-state index contributed by atoms with van der Waals surface area (Å²) in [5.41, 5.74) is 5.27. The van der Waals surface area contributed by atoms with Crippen LogP contribution in [0.15, 0.2) is 42.5 Å². The van der Waals surface area contributed by atoms with Gasteiger partial charge in [-0.05, 0) is 114 Å². The molecule has 1 aliphatic rings. The Hall–Kier alpha value is -2.70. The zero-order valence-electron chi connectivity index (χ0n) is 23.8. The van der Waals surface area contributed by atoms with Gasteiger partial charge in [-0.1, -0.05) is 39.2 Å². The highest BCUT2D eigenvalue weighted by atomic mass is 16.1. The highest BCUT2D eigenvalue weighted by Crippen LogP contribution is 2.26. The minimum absolute atomic E-state index is 0.0842. The van der Waals surface area contributed by atoms with E-state index < -0.39 is 0 Å². The average Bonchev–Trinajstić information content (AvgIpc) is 3.27. The number of hydrogen-bond donors (Lipinski definition) is 1. The number of carbonyl (C=O) groups is 1. The molecule has 1 fully saturated rings. The number of likely N-dealkylation sites (tertiary alicyclic amines) is 1. The van der Waals surface area contributed by atoms with Gasteiger partial charge in [0.2, 0.25) is 5.95 Å². The Balaban J connectivity index is 1.57. The van der Waals surface area contributed by atoms with Gasteiger partial charge in [0.1, 0.15) is 0 Å². The first-order chi connectivity index (χ1) is 18.6. The zero-order chi connectivity index (χ0) is 26.7. The molecule has 1 N–H and O–H groups in total. The quantitative estimate of drug-likeness (QED) is 0.215. The second kappa shape index (κ2) is 14.5. The number of imidazole rings is 1. The smallest absolute Gasteiger partial charge is 0.208 e. The molecular weight excluding hydrogens is 470 g/mol. The van der Waals surface area contributed by atoms with E-state index in [0.717, 1.165) is 61.9 Å². The summed E-state index contributed by atoms with van der Waals surface area (Å²) in [7, 11) is 0. The van der Waals surface area contributed by atoms with Crippen molar-refractivity contribution in [3.05, 3.63) is 53.6 Å². The van der Waals surface area contributed by atoms with E-state index in [0.29, 0.717) is 0 Å². The maximum atomic E-state index is 11.7. The van der Waals surface area contributed by atoms with E-state index in [1.807, 2.05) is 24.3 Å². The van der Waals surface area contributed by atoms with Crippen LogP contribution in [0.5, 0.6) is 0 Å². The van der Waals surface area contributed by atoms with Crippen molar-refractivity contribution in [3.8, 4) is 0 Å². The molecule has 0 spiro atoms. The van der Waals surface area contributed by atoms with Gasteiger partial charge in [0.05, 0.1) is 11.0 Å². The number of rotatable bonds is 15. The van der Waals surface area contributed by atoms with Crippen LogP contribution in [-0.4, -0.2) is 57.9 Å². The average molecular weight is 518 g/mol. The van der Waals surface area contributed by atoms with Crippen molar-refractivity contribution < 1.29 is 4.79 Å². The molecule has 0 atom stereocenters. The molecule has 0 amide bonds. The molecule has 0 bridgehead atoms. The lowest BCUT2D eigenvalue weighted by Gasteiger charge is -2.26. The standard InChI is InChI=1S/C32H47N5O/c1-4-6-18-36(19-7-5-2)25-27-12-17-30-31(24-27)37(23-11-22-35-20-9-8-10-21-35)32(34-30)33-29-15-13-28(14-16-29)26(3)38/h12-17,24H,4-11,18-23,25H2,1-3H3,(H,33,34). The lowest BCUT2D eigenvalue weighted by atomic mass is 10.1. The number of anilines is 2. The monoisotopic (exact) mass is 517 g/mol. The van der Waals surface area contributed by atoms with Gasteiger partial charge in [-0.25, -0.2) is 4.98 Å². The van der Waals surface area contributed by atoms with Gasteiger partial charge in [-0.15, -0.1) is 0 Å². The molecule has 206 valence electrons. The van der Waals surface area contributed by atoms with Crippen LogP contribution in [0.2, 0.25) is 0 Å². The number of piperidine rings is 1. The minimum Gasteiger partial charge on any atom is -0.326 e. The van der Waals surface area contributed by atoms with E-state index >= 15 is 0 Å². The van der Waals surface area contributed by atoms with Crippen LogP contribution in [0.25, 0.3) is 11.0 Å². The maximum absolute atomic E-state index is 11.7. The lowest BCUT2D eigenvalue weighted by Crippen LogP contribution is -2.31. The van der Waals surface area contributed by atoms with Gasteiger partial charge in [0.25, 0.3) is 0 Å². The normalized spacial score (nSPS) is 14.4. The highest BCUT2D eigenvalue weighted by molar-refractivity contribution is 5.94. The molecule has 4 rings (SSSR count). The SMILES string of the molecule is CCCCN(CCCC)Cc1ccc2nc(Nc3ccc(C(C)=O)cc3)n(CCCN3CCCCC3)c2c1. The van der Waals surface area contributed by atoms with Crippen molar-refractivity contribution >= 4 is 28.5 Å². The number of ketones is 1. The highest BCUT2D eigenvalue weighted by Gasteiger charge is 2.15. The molecule has 0 aliphatic carbocycles. The fourth-order valence-electron chi connectivity index (χ4n) is 5.43. The first-order valence-corrected chi connectivity index (χ1v) is 14.9. The number of carbonyl (C=O) groups excluding carboxylic acids is 1. The first-order valence-electron chi connectivity index (χ1n) is 14.9. The Morgan fingerprint density at radius 1 is 0.921 bits per heavy atom. The van der Waals surface area contributed by atoms with Crippen molar-refractivity contribution in [3.63, 3.8) is 0 Å². The van der Waals surface area contributed by atoms with E-state index in [1.165, 1.54) is 69.1 Å². The van der Waals surface area contributed by atoms with Crippen LogP contribution in [0, 0.1) is 0 Å². The number of benzene rings is 2. The van der Waals surface area contributed by atoms with Crippen molar-refractivity contribution in [1.82, 2.24) is 19.4 Å². The Kier molecular flexibility index (Phi) is 10.8. The Labute approximate surface area is 229 Å². The predicted octanol–water partition coefficient (Wildman–Crippen LogP) is 7.26. The van der Waals surface area contributed by atoms with E-state index in [-0.39, 0.29) is 5.78 Å². The number of nitrogens with one attached hydrogen (secondary N) is 1. The molecule has 1 aromatic heterocycles. The summed E-state index contributed by atoms with van der Waals surface area (Å²) in [6, 6.07) is 14.5. The first kappa shape index (κ1) is 28.3. The topological polar surface area (TPSA) is 53.4 Å². The van der Waals surface area contributed by atoms with Crippen molar-refractivity contribution in [1.29, 1.82) is 0 Å². The van der Waals surface area contributed by atoms with Crippen LogP contribution in [0.1, 0.15) is 88.1 Å². The number of Topliss-reactive ketones (excluding diaryl/α,β-unsaturated/α-hetero) is 1. The molecule has 0 radical (unpaired) electrons. The zero-order valence-corrected chi connectivity index (χ0v) is 23.8. The summed E-state index contributed by atoms with van der Waals surface area (Å²) in [4.78, 5) is 21.9. The summed E-state index contributed by atoms with van der Waals surface area (Å²) in [5.74, 6) is 0.959. The summed E-state index contributed by atoms with van der Waals surface area (Å²) >= 11 is 0. The van der Waals surface area contributed by atoms with Crippen molar-refractivity contribution in [2.75, 3.05) is 38.0 Å². The molecular formula is C32H47N5O. The Morgan fingerprint density at radius 3 is 2.29 bits per heavy atom. The van der Waals surface area contributed by atoms with Crippen LogP contribution in [0.3, 0.4) is 0 Å². The fourth-order valence-corrected chi connectivity index (χ4v) is 5.43. The number of nitrogens with zero attached hydrogens (tertiary/aromatic N) is 4. The van der Waals surface area contributed by atoms with E-state index in [9.17, 15) is 4.79 Å². The Morgan fingerprint density at radius 2 is 1.63 bits per heavy atom. The number of hydrogen-bond acceptors (Lipinski definition) is 5. The van der Waals surface area contributed by atoms with Gasteiger partial charge in [-0.3, -0.25) is 9.69 Å². The molecule has 6 heteroatoms. The summed E-state index contributed by atoms with van der Waals surface area (Å²) < 4.78 is 2.37.